The van der Waals surface area contributed by atoms with E-state index < -0.39 is 12.8 Å². The molecular weight excluding hydrogens is 259 g/mol. The molecule has 0 amide bonds. The Hall–Kier alpha value is -1.89. The van der Waals surface area contributed by atoms with Gasteiger partial charge in [-0.1, -0.05) is 18.2 Å². The zero-order valence-electron chi connectivity index (χ0n) is 9.94. The van der Waals surface area contributed by atoms with Crippen molar-refractivity contribution in [3.8, 4) is 0 Å². The van der Waals surface area contributed by atoms with Crippen molar-refractivity contribution in [2.75, 3.05) is 25.1 Å². The van der Waals surface area contributed by atoms with E-state index in [0.29, 0.717) is 5.95 Å². The minimum absolute atomic E-state index is 0.0598. The fraction of sp³-hybridized carbons (Fsp3) is 0.333. The van der Waals surface area contributed by atoms with Crippen LogP contribution in [0.15, 0.2) is 30.5 Å². The third kappa shape index (κ3) is 4.36. The average Bonchev–Trinajstić information content (AvgIpc) is 2.37. The molecule has 0 aliphatic carbocycles. The van der Waals surface area contributed by atoms with Gasteiger partial charge in [0.15, 0.2) is 0 Å². The monoisotopic (exact) mass is 271 g/mol. The quantitative estimate of drug-likeness (QED) is 0.849. The van der Waals surface area contributed by atoms with Crippen LogP contribution in [0.1, 0.15) is 0 Å². The van der Waals surface area contributed by atoms with Gasteiger partial charge in [0.1, 0.15) is 6.61 Å². The minimum atomic E-state index is -4.29. The highest BCUT2D eigenvalue weighted by atomic mass is 19.4. The fourth-order valence-electron chi connectivity index (χ4n) is 1.48. The Balaban J connectivity index is 1.82. The summed E-state index contributed by atoms with van der Waals surface area (Å²) in [4.78, 5) is 8.27. The second kappa shape index (κ2) is 5.83. The SMILES string of the molecule is FC(F)(F)COCCNc1ncc2ccccc2n1. The molecule has 0 saturated carbocycles. The van der Waals surface area contributed by atoms with Gasteiger partial charge < -0.3 is 10.1 Å². The maximum absolute atomic E-state index is 11.8. The Kier molecular flexibility index (Phi) is 4.16. The van der Waals surface area contributed by atoms with Crippen LogP contribution < -0.4 is 5.32 Å². The van der Waals surface area contributed by atoms with E-state index in [4.69, 9.17) is 0 Å². The molecule has 7 heteroatoms. The first-order valence-electron chi connectivity index (χ1n) is 5.65. The largest absolute Gasteiger partial charge is 0.411 e. The van der Waals surface area contributed by atoms with Crippen molar-refractivity contribution in [1.82, 2.24) is 9.97 Å². The van der Waals surface area contributed by atoms with Crippen molar-refractivity contribution in [3.05, 3.63) is 30.5 Å². The topological polar surface area (TPSA) is 47.0 Å². The van der Waals surface area contributed by atoms with Gasteiger partial charge in [-0.2, -0.15) is 13.2 Å². The van der Waals surface area contributed by atoms with Gasteiger partial charge in [0.2, 0.25) is 5.95 Å². The summed E-state index contributed by atoms with van der Waals surface area (Å²) in [7, 11) is 0. The Morgan fingerprint density at radius 3 is 2.79 bits per heavy atom. The molecule has 0 bridgehead atoms. The molecule has 1 N–H and O–H groups in total. The Labute approximate surface area is 107 Å². The van der Waals surface area contributed by atoms with Crippen LogP contribution in [0.4, 0.5) is 19.1 Å². The van der Waals surface area contributed by atoms with Crippen LogP contribution in [0.3, 0.4) is 0 Å². The van der Waals surface area contributed by atoms with Crippen LogP contribution in [0.2, 0.25) is 0 Å². The van der Waals surface area contributed by atoms with Crippen LogP contribution in [0, 0.1) is 0 Å². The molecule has 19 heavy (non-hydrogen) atoms. The smallest absolute Gasteiger partial charge is 0.370 e. The minimum Gasteiger partial charge on any atom is -0.370 e. The van der Waals surface area contributed by atoms with Crippen molar-refractivity contribution in [2.24, 2.45) is 0 Å². The number of benzene rings is 1. The number of ether oxygens (including phenoxy) is 1. The molecule has 1 heterocycles. The summed E-state index contributed by atoms with van der Waals surface area (Å²) in [6.07, 6.45) is -2.64. The van der Waals surface area contributed by atoms with Gasteiger partial charge in [0.25, 0.3) is 0 Å². The van der Waals surface area contributed by atoms with Crippen molar-refractivity contribution in [1.29, 1.82) is 0 Å². The van der Waals surface area contributed by atoms with E-state index >= 15 is 0 Å². The molecule has 1 aromatic heterocycles. The number of anilines is 1. The Morgan fingerprint density at radius 1 is 1.21 bits per heavy atom. The van der Waals surface area contributed by atoms with Gasteiger partial charge in [-0.15, -0.1) is 0 Å². The third-order valence-electron chi connectivity index (χ3n) is 2.28. The summed E-state index contributed by atoms with van der Waals surface area (Å²) in [5.41, 5.74) is 0.774. The second-order valence-electron chi connectivity index (χ2n) is 3.85. The first kappa shape index (κ1) is 13.5. The molecule has 2 rings (SSSR count). The van der Waals surface area contributed by atoms with E-state index in [-0.39, 0.29) is 13.2 Å². The van der Waals surface area contributed by atoms with Crippen molar-refractivity contribution in [2.45, 2.75) is 6.18 Å². The normalized spacial score (nSPS) is 11.7. The highest BCUT2D eigenvalue weighted by molar-refractivity contribution is 5.78. The molecule has 0 radical (unpaired) electrons. The zero-order valence-corrected chi connectivity index (χ0v) is 9.94. The average molecular weight is 271 g/mol. The number of hydrogen-bond acceptors (Lipinski definition) is 4. The van der Waals surface area contributed by atoms with Gasteiger partial charge in [-0.05, 0) is 6.07 Å². The first-order valence-corrected chi connectivity index (χ1v) is 5.65. The first-order chi connectivity index (χ1) is 9.04. The lowest BCUT2D eigenvalue weighted by molar-refractivity contribution is -0.172. The van der Waals surface area contributed by atoms with Crippen molar-refractivity contribution < 1.29 is 17.9 Å². The molecule has 0 spiro atoms. The summed E-state index contributed by atoms with van der Waals surface area (Å²) >= 11 is 0. The van der Waals surface area contributed by atoms with E-state index in [0.717, 1.165) is 10.9 Å². The number of aromatic nitrogens is 2. The Bertz CT molecular complexity index is 545. The summed E-state index contributed by atoms with van der Waals surface area (Å²) in [5.74, 6) is 0.370. The van der Waals surface area contributed by atoms with E-state index in [1.807, 2.05) is 24.3 Å². The van der Waals surface area contributed by atoms with Crippen molar-refractivity contribution in [3.63, 3.8) is 0 Å². The maximum Gasteiger partial charge on any atom is 0.411 e. The Morgan fingerprint density at radius 2 is 2.00 bits per heavy atom. The van der Waals surface area contributed by atoms with Gasteiger partial charge in [-0.3, -0.25) is 0 Å². The standard InChI is InChI=1S/C12H12F3N3O/c13-12(14,15)8-19-6-5-16-11-17-7-9-3-1-2-4-10(9)18-11/h1-4,7H,5-6,8H2,(H,16,17,18). The summed E-state index contributed by atoms with van der Waals surface area (Å²) in [5, 5.41) is 3.71. The second-order valence-corrected chi connectivity index (χ2v) is 3.85. The number of rotatable bonds is 5. The molecule has 102 valence electrons. The van der Waals surface area contributed by atoms with E-state index in [2.05, 4.69) is 20.0 Å². The van der Waals surface area contributed by atoms with Gasteiger partial charge in [0, 0.05) is 18.1 Å². The molecule has 0 saturated heterocycles. The van der Waals surface area contributed by atoms with E-state index in [1.165, 1.54) is 0 Å². The number of alkyl halides is 3. The molecule has 0 fully saturated rings. The molecule has 0 atom stereocenters. The van der Waals surface area contributed by atoms with Crippen LogP contribution >= 0.6 is 0 Å². The summed E-state index contributed by atoms with van der Waals surface area (Å²) in [6.45, 7) is -1.09. The van der Waals surface area contributed by atoms with Crippen LogP contribution in [-0.2, 0) is 4.74 Å². The van der Waals surface area contributed by atoms with Gasteiger partial charge in [0.05, 0.1) is 12.1 Å². The number of nitrogens with one attached hydrogen (secondary N) is 1. The van der Waals surface area contributed by atoms with E-state index in [9.17, 15) is 13.2 Å². The highest BCUT2D eigenvalue weighted by Gasteiger charge is 2.27. The molecule has 2 aromatic rings. The van der Waals surface area contributed by atoms with E-state index in [1.54, 1.807) is 6.20 Å². The molecule has 0 unspecified atom stereocenters. The van der Waals surface area contributed by atoms with Crippen LogP contribution in [-0.4, -0.2) is 35.9 Å². The lowest BCUT2D eigenvalue weighted by atomic mass is 10.2. The number of fused-ring (bicyclic) bond motifs is 1. The van der Waals surface area contributed by atoms with Crippen LogP contribution in [0.5, 0.6) is 0 Å². The number of hydrogen-bond donors (Lipinski definition) is 1. The molecule has 4 nitrogen and oxygen atoms in total. The number of halogens is 3. The molecular formula is C12H12F3N3O. The fourth-order valence-corrected chi connectivity index (χ4v) is 1.48. The summed E-state index contributed by atoms with van der Waals surface area (Å²) in [6, 6.07) is 7.45. The molecule has 1 aromatic carbocycles. The van der Waals surface area contributed by atoms with Gasteiger partial charge in [-0.25, -0.2) is 9.97 Å². The van der Waals surface area contributed by atoms with Gasteiger partial charge >= 0.3 is 6.18 Å². The van der Waals surface area contributed by atoms with Crippen LogP contribution in [0.25, 0.3) is 10.9 Å². The zero-order chi connectivity index (χ0) is 13.7. The predicted octanol–water partition coefficient (Wildman–Crippen LogP) is 2.62. The number of para-hydroxylation sites is 1. The summed E-state index contributed by atoms with van der Waals surface area (Å²) < 4.78 is 39.9. The third-order valence-corrected chi connectivity index (χ3v) is 2.28. The van der Waals surface area contributed by atoms with Crippen molar-refractivity contribution >= 4 is 16.9 Å². The molecule has 0 aliphatic heterocycles. The molecule has 0 aliphatic rings. The lowest BCUT2D eigenvalue weighted by Gasteiger charge is -2.08. The number of nitrogens with zero attached hydrogens (tertiary/aromatic N) is 2. The maximum atomic E-state index is 11.8. The highest BCUT2D eigenvalue weighted by Crippen LogP contribution is 2.14. The predicted molar refractivity (Wildman–Crippen MR) is 64.9 cm³/mol. The lowest BCUT2D eigenvalue weighted by Crippen LogP contribution is -2.20.